The molecule has 0 N–H and O–H groups in total. The molecule has 1 fully saturated rings. The number of hydrogen-bond donors (Lipinski definition) is 0. The van der Waals surface area contributed by atoms with Crippen molar-refractivity contribution in [1.82, 2.24) is 9.47 Å². The lowest BCUT2D eigenvalue weighted by atomic mass is 10.1. The summed E-state index contributed by atoms with van der Waals surface area (Å²) in [6.45, 7) is 4.75. The molecule has 136 valence electrons. The van der Waals surface area contributed by atoms with Crippen LogP contribution in [0, 0.1) is 5.92 Å². The lowest BCUT2D eigenvalue weighted by Gasteiger charge is -2.17. The van der Waals surface area contributed by atoms with E-state index in [1.165, 1.54) is 0 Å². The van der Waals surface area contributed by atoms with Crippen LogP contribution in [0.3, 0.4) is 0 Å². The van der Waals surface area contributed by atoms with Gasteiger partial charge in [0.2, 0.25) is 11.8 Å². The average molecular weight is 372 g/mol. The minimum Gasteiger partial charge on any atom is -0.337 e. The number of halogens is 1. The molecule has 0 bridgehead atoms. The molecule has 1 aromatic carbocycles. The molecular formula is C20H22ClN3O2. The largest absolute Gasteiger partial charge is 0.337 e. The van der Waals surface area contributed by atoms with E-state index in [1.54, 1.807) is 27.8 Å². The number of benzene rings is 1. The van der Waals surface area contributed by atoms with Gasteiger partial charge in [-0.05, 0) is 37.6 Å². The molecule has 0 radical (unpaired) electrons. The molecule has 1 aliphatic heterocycles. The fourth-order valence-corrected chi connectivity index (χ4v) is 3.31. The molecule has 1 aromatic heterocycles. The number of likely N-dealkylation sites (tertiary alicyclic amines) is 1. The van der Waals surface area contributed by atoms with Crippen molar-refractivity contribution in [1.29, 1.82) is 0 Å². The Bertz CT molecular complexity index is 888. The average Bonchev–Trinajstić information content (AvgIpc) is 2.97. The molecule has 1 atom stereocenters. The van der Waals surface area contributed by atoms with Crippen molar-refractivity contribution in [2.24, 2.45) is 10.9 Å². The van der Waals surface area contributed by atoms with Crippen LogP contribution in [0.15, 0.2) is 53.7 Å². The van der Waals surface area contributed by atoms with Gasteiger partial charge in [-0.3, -0.25) is 19.1 Å². The number of amides is 1. The SMILES string of the molecule is CC(C)N=c1ccccn1C(=O)[C@H]1CC(=O)N(Cc2ccccc2Cl)C1. The van der Waals surface area contributed by atoms with Crippen molar-refractivity contribution < 1.29 is 9.59 Å². The third-order valence-electron chi connectivity index (χ3n) is 4.35. The molecule has 6 heteroatoms. The summed E-state index contributed by atoms with van der Waals surface area (Å²) in [6.07, 6.45) is 1.93. The van der Waals surface area contributed by atoms with Crippen molar-refractivity contribution >= 4 is 23.4 Å². The maximum atomic E-state index is 13.0. The molecular weight excluding hydrogens is 350 g/mol. The summed E-state index contributed by atoms with van der Waals surface area (Å²) in [6, 6.07) is 13.0. The highest BCUT2D eigenvalue weighted by atomic mass is 35.5. The summed E-state index contributed by atoms with van der Waals surface area (Å²) in [7, 11) is 0. The second-order valence-corrected chi connectivity index (χ2v) is 7.16. The number of nitrogens with zero attached hydrogens (tertiary/aromatic N) is 3. The molecule has 1 amide bonds. The van der Waals surface area contributed by atoms with Gasteiger partial charge in [0, 0.05) is 36.8 Å². The Morgan fingerprint density at radius 3 is 2.69 bits per heavy atom. The molecule has 1 saturated heterocycles. The van der Waals surface area contributed by atoms with Gasteiger partial charge in [0.15, 0.2) is 0 Å². The van der Waals surface area contributed by atoms with E-state index < -0.39 is 0 Å². The molecule has 2 heterocycles. The quantitative estimate of drug-likeness (QED) is 0.829. The second-order valence-electron chi connectivity index (χ2n) is 6.76. The Morgan fingerprint density at radius 2 is 1.96 bits per heavy atom. The van der Waals surface area contributed by atoms with Crippen molar-refractivity contribution in [3.8, 4) is 0 Å². The molecule has 0 saturated carbocycles. The van der Waals surface area contributed by atoms with Crippen LogP contribution in [-0.2, 0) is 11.3 Å². The predicted octanol–water partition coefficient (Wildman–Crippen LogP) is 3.14. The van der Waals surface area contributed by atoms with Gasteiger partial charge in [-0.25, -0.2) is 0 Å². The van der Waals surface area contributed by atoms with Crippen LogP contribution < -0.4 is 5.49 Å². The number of aromatic nitrogens is 1. The molecule has 0 aliphatic carbocycles. The van der Waals surface area contributed by atoms with E-state index in [4.69, 9.17) is 11.6 Å². The van der Waals surface area contributed by atoms with Crippen LogP contribution in [0.2, 0.25) is 5.02 Å². The first-order chi connectivity index (χ1) is 12.5. The van der Waals surface area contributed by atoms with Crippen LogP contribution in [0.25, 0.3) is 0 Å². The first-order valence-corrected chi connectivity index (χ1v) is 9.10. The summed E-state index contributed by atoms with van der Waals surface area (Å²) >= 11 is 6.19. The van der Waals surface area contributed by atoms with Gasteiger partial charge in [0.05, 0.1) is 5.92 Å². The van der Waals surface area contributed by atoms with E-state index in [2.05, 4.69) is 4.99 Å². The van der Waals surface area contributed by atoms with E-state index in [9.17, 15) is 9.59 Å². The van der Waals surface area contributed by atoms with Crippen molar-refractivity contribution in [3.05, 3.63) is 64.7 Å². The van der Waals surface area contributed by atoms with Gasteiger partial charge in [-0.2, -0.15) is 0 Å². The van der Waals surface area contributed by atoms with Crippen LogP contribution >= 0.6 is 11.6 Å². The topological polar surface area (TPSA) is 54.7 Å². The maximum Gasteiger partial charge on any atom is 0.237 e. The number of carbonyl (C=O) groups excluding carboxylic acids is 2. The van der Waals surface area contributed by atoms with E-state index in [0.29, 0.717) is 23.6 Å². The Balaban J connectivity index is 1.79. The van der Waals surface area contributed by atoms with Gasteiger partial charge >= 0.3 is 0 Å². The van der Waals surface area contributed by atoms with E-state index in [-0.39, 0.29) is 30.2 Å². The molecule has 26 heavy (non-hydrogen) atoms. The highest BCUT2D eigenvalue weighted by Gasteiger charge is 2.35. The lowest BCUT2D eigenvalue weighted by Crippen LogP contribution is -2.33. The summed E-state index contributed by atoms with van der Waals surface area (Å²) in [5, 5.41) is 0.630. The zero-order chi connectivity index (χ0) is 18.7. The number of pyridine rings is 1. The third-order valence-corrected chi connectivity index (χ3v) is 4.72. The molecule has 3 rings (SSSR count). The zero-order valence-corrected chi connectivity index (χ0v) is 15.7. The molecule has 0 spiro atoms. The fraction of sp³-hybridized carbons (Fsp3) is 0.350. The molecule has 0 unspecified atom stereocenters. The smallest absolute Gasteiger partial charge is 0.237 e. The van der Waals surface area contributed by atoms with Gasteiger partial charge in [0.1, 0.15) is 5.49 Å². The van der Waals surface area contributed by atoms with Crippen LogP contribution in [0.1, 0.15) is 30.6 Å². The Morgan fingerprint density at radius 1 is 1.23 bits per heavy atom. The predicted molar refractivity (Wildman–Crippen MR) is 101 cm³/mol. The summed E-state index contributed by atoms with van der Waals surface area (Å²) in [4.78, 5) is 31.6. The normalized spacial score (nSPS) is 18.0. The Kier molecular flexibility index (Phi) is 5.57. The van der Waals surface area contributed by atoms with Crippen LogP contribution in [0.4, 0.5) is 0 Å². The second kappa shape index (κ2) is 7.87. The van der Waals surface area contributed by atoms with Crippen molar-refractivity contribution in [2.45, 2.75) is 32.9 Å². The van der Waals surface area contributed by atoms with Gasteiger partial charge in [-0.15, -0.1) is 0 Å². The Labute approximate surface area is 157 Å². The van der Waals surface area contributed by atoms with Crippen LogP contribution in [0.5, 0.6) is 0 Å². The van der Waals surface area contributed by atoms with Gasteiger partial charge in [0.25, 0.3) is 0 Å². The monoisotopic (exact) mass is 371 g/mol. The standard InChI is InChI=1S/C20H22ClN3O2/c1-14(2)22-18-9-5-6-10-24(18)20(26)16-11-19(25)23(13-16)12-15-7-3-4-8-17(15)21/h3-10,14,16H,11-13H2,1-2H3/t16-/m0/s1. The minimum absolute atomic E-state index is 0.0258. The molecule has 2 aromatic rings. The van der Waals surface area contributed by atoms with E-state index in [0.717, 1.165) is 5.56 Å². The number of rotatable bonds is 4. The van der Waals surface area contributed by atoms with Gasteiger partial charge in [-0.1, -0.05) is 35.9 Å². The number of hydrogen-bond acceptors (Lipinski definition) is 3. The maximum absolute atomic E-state index is 13.0. The zero-order valence-electron chi connectivity index (χ0n) is 14.9. The highest BCUT2D eigenvalue weighted by Crippen LogP contribution is 2.24. The highest BCUT2D eigenvalue weighted by molar-refractivity contribution is 6.31. The number of carbonyl (C=O) groups is 2. The molecule has 5 nitrogen and oxygen atoms in total. The molecule has 1 aliphatic rings. The van der Waals surface area contributed by atoms with Gasteiger partial charge < -0.3 is 4.90 Å². The summed E-state index contributed by atoms with van der Waals surface area (Å²) < 4.78 is 1.55. The first kappa shape index (κ1) is 18.4. The first-order valence-electron chi connectivity index (χ1n) is 8.72. The minimum atomic E-state index is -0.376. The summed E-state index contributed by atoms with van der Waals surface area (Å²) in [5.74, 6) is -0.499. The fourth-order valence-electron chi connectivity index (χ4n) is 3.11. The van der Waals surface area contributed by atoms with E-state index >= 15 is 0 Å². The van der Waals surface area contributed by atoms with Crippen molar-refractivity contribution in [2.75, 3.05) is 6.54 Å². The van der Waals surface area contributed by atoms with Crippen molar-refractivity contribution in [3.63, 3.8) is 0 Å². The summed E-state index contributed by atoms with van der Waals surface area (Å²) in [5.41, 5.74) is 1.50. The van der Waals surface area contributed by atoms with Crippen LogP contribution in [-0.4, -0.2) is 33.9 Å². The Hall–Kier alpha value is -2.40. The lowest BCUT2D eigenvalue weighted by molar-refractivity contribution is -0.128. The third kappa shape index (κ3) is 4.05. The van der Waals surface area contributed by atoms with E-state index in [1.807, 2.05) is 44.2 Å².